The quantitative estimate of drug-likeness (QED) is 0.469. The van der Waals surface area contributed by atoms with Gasteiger partial charge in [-0.1, -0.05) is 24.3 Å². The average Bonchev–Trinajstić information content (AvgIpc) is 2.80. The number of rotatable bonds is 10. The van der Waals surface area contributed by atoms with E-state index >= 15 is 0 Å². The normalized spacial score (nSPS) is 10.4. The molecule has 0 saturated carbocycles. The predicted molar refractivity (Wildman–Crippen MR) is 120 cm³/mol. The first-order valence-electron chi connectivity index (χ1n) is 9.86. The van der Waals surface area contributed by atoms with Crippen LogP contribution in [0.3, 0.4) is 0 Å². The Morgan fingerprint density at radius 3 is 2.52 bits per heavy atom. The van der Waals surface area contributed by atoms with E-state index in [0.717, 1.165) is 28.9 Å². The number of alkyl halides is 1. The van der Waals surface area contributed by atoms with Gasteiger partial charge in [-0.2, -0.15) is 0 Å². The lowest BCUT2D eigenvalue weighted by Gasteiger charge is -2.12. The Kier molecular flexibility index (Phi) is 8.12. The van der Waals surface area contributed by atoms with Crippen LogP contribution in [-0.4, -0.2) is 31.7 Å². The van der Waals surface area contributed by atoms with Crippen molar-refractivity contribution in [2.45, 2.75) is 18.7 Å². The molecule has 0 saturated heterocycles. The number of hydrogen-bond acceptors (Lipinski definition) is 5. The summed E-state index contributed by atoms with van der Waals surface area (Å²) in [4.78, 5) is 16.6. The maximum absolute atomic E-state index is 12.3. The van der Waals surface area contributed by atoms with E-state index in [4.69, 9.17) is 25.8 Å². The Morgan fingerprint density at radius 2 is 1.81 bits per heavy atom. The van der Waals surface area contributed by atoms with E-state index in [1.807, 2.05) is 36.4 Å². The maximum atomic E-state index is 12.3. The largest absolute Gasteiger partial charge is 0.497 e. The minimum absolute atomic E-state index is 0.0584. The van der Waals surface area contributed by atoms with Gasteiger partial charge in [-0.3, -0.25) is 4.79 Å². The summed E-state index contributed by atoms with van der Waals surface area (Å²) in [6.07, 6.45) is 2.64. The number of pyridine rings is 1. The van der Waals surface area contributed by atoms with Gasteiger partial charge >= 0.3 is 0 Å². The molecule has 162 valence electrons. The van der Waals surface area contributed by atoms with Gasteiger partial charge in [0.25, 0.3) is 0 Å². The molecule has 1 N–H and O–H groups in total. The molecule has 3 rings (SSSR count). The zero-order chi connectivity index (χ0) is 22.1. The third-order valence-corrected chi connectivity index (χ3v) is 4.94. The van der Waals surface area contributed by atoms with Gasteiger partial charge in [0, 0.05) is 24.7 Å². The van der Waals surface area contributed by atoms with Crippen LogP contribution >= 0.6 is 11.6 Å². The molecular formula is C24H25ClN2O4. The Hall–Kier alpha value is -3.25. The molecule has 0 unspecified atom stereocenters. The molecule has 31 heavy (non-hydrogen) atoms. The number of halogens is 1. The van der Waals surface area contributed by atoms with E-state index < -0.39 is 0 Å². The number of nitrogens with zero attached hydrogens (tertiary/aromatic N) is 1. The summed E-state index contributed by atoms with van der Waals surface area (Å²) in [5.74, 6) is 2.64. The first kappa shape index (κ1) is 22.4. The van der Waals surface area contributed by atoms with Crippen LogP contribution in [-0.2, 0) is 23.5 Å². The van der Waals surface area contributed by atoms with Gasteiger partial charge in [-0.15, -0.1) is 11.6 Å². The SMILES string of the molecule is COc1cccc(CCNC(=O)Cc2ccc(Oc3ccc(CCl)cn3)c(OC)c2)c1. The summed E-state index contributed by atoms with van der Waals surface area (Å²) in [7, 11) is 3.20. The second kappa shape index (κ2) is 11.2. The molecule has 0 aliphatic carbocycles. The molecule has 0 fully saturated rings. The van der Waals surface area contributed by atoms with Crippen LogP contribution in [0.5, 0.6) is 23.1 Å². The van der Waals surface area contributed by atoms with E-state index in [2.05, 4.69) is 10.3 Å². The summed E-state index contributed by atoms with van der Waals surface area (Å²) >= 11 is 5.78. The topological polar surface area (TPSA) is 69.7 Å². The molecule has 0 atom stereocenters. The van der Waals surface area contributed by atoms with Crippen LogP contribution in [0.4, 0.5) is 0 Å². The molecule has 2 aromatic carbocycles. The van der Waals surface area contributed by atoms with Crippen molar-refractivity contribution in [3.8, 4) is 23.1 Å². The molecule has 1 heterocycles. The Bertz CT molecular complexity index is 1010. The molecule has 0 radical (unpaired) electrons. The fourth-order valence-electron chi connectivity index (χ4n) is 2.99. The molecule has 1 amide bonds. The number of amides is 1. The number of benzene rings is 2. The van der Waals surface area contributed by atoms with E-state index in [1.165, 1.54) is 0 Å². The second-order valence-corrected chi connectivity index (χ2v) is 7.12. The summed E-state index contributed by atoms with van der Waals surface area (Å²) in [6.45, 7) is 0.550. The van der Waals surface area contributed by atoms with E-state index in [-0.39, 0.29) is 12.3 Å². The van der Waals surface area contributed by atoms with Crippen molar-refractivity contribution in [3.05, 3.63) is 77.5 Å². The smallest absolute Gasteiger partial charge is 0.224 e. The van der Waals surface area contributed by atoms with Crippen molar-refractivity contribution < 1.29 is 19.0 Å². The predicted octanol–water partition coefficient (Wildman–Crippen LogP) is 4.53. The molecule has 3 aromatic rings. The van der Waals surface area contributed by atoms with Crippen LogP contribution < -0.4 is 19.5 Å². The Balaban J connectivity index is 1.55. The summed E-state index contributed by atoms with van der Waals surface area (Å²) in [5, 5.41) is 2.95. The van der Waals surface area contributed by atoms with Gasteiger partial charge in [-0.05, 0) is 47.4 Å². The summed E-state index contributed by atoms with van der Waals surface area (Å²) in [5.41, 5.74) is 2.85. The molecule has 0 bridgehead atoms. The average molecular weight is 441 g/mol. The number of aromatic nitrogens is 1. The van der Waals surface area contributed by atoms with Crippen LogP contribution in [0.25, 0.3) is 0 Å². The fourth-order valence-corrected chi connectivity index (χ4v) is 3.15. The molecule has 0 aliphatic heterocycles. The van der Waals surface area contributed by atoms with Gasteiger partial charge in [0.2, 0.25) is 11.8 Å². The van der Waals surface area contributed by atoms with Crippen molar-refractivity contribution in [2.24, 2.45) is 0 Å². The minimum Gasteiger partial charge on any atom is -0.497 e. The first-order chi connectivity index (χ1) is 15.1. The lowest BCUT2D eigenvalue weighted by Crippen LogP contribution is -2.27. The third kappa shape index (κ3) is 6.62. The fraction of sp³-hybridized carbons (Fsp3) is 0.250. The van der Waals surface area contributed by atoms with Crippen LogP contribution in [0.2, 0.25) is 0 Å². The number of carbonyl (C=O) groups excluding carboxylic acids is 1. The van der Waals surface area contributed by atoms with Crippen LogP contribution in [0.1, 0.15) is 16.7 Å². The standard InChI is InChI=1S/C24H25ClN2O4/c1-29-20-5-3-4-17(12-20)10-11-26-23(28)14-18-6-8-21(22(13-18)30-2)31-24-9-7-19(15-25)16-27-24/h3-9,12-13,16H,10-11,14-15H2,1-2H3,(H,26,28). The zero-order valence-electron chi connectivity index (χ0n) is 17.6. The molecule has 0 spiro atoms. The van der Waals surface area contributed by atoms with Crippen LogP contribution in [0.15, 0.2) is 60.8 Å². The first-order valence-corrected chi connectivity index (χ1v) is 10.4. The van der Waals surface area contributed by atoms with E-state index in [1.54, 1.807) is 38.6 Å². The number of hydrogen-bond donors (Lipinski definition) is 1. The van der Waals surface area contributed by atoms with Crippen LogP contribution in [0, 0.1) is 0 Å². The lowest BCUT2D eigenvalue weighted by atomic mass is 10.1. The highest BCUT2D eigenvalue weighted by Crippen LogP contribution is 2.31. The van der Waals surface area contributed by atoms with Gasteiger partial charge < -0.3 is 19.5 Å². The second-order valence-electron chi connectivity index (χ2n) is 6.85. The van der Waals surface area contributed by atoms with Crippen molar-refractivity contribution in [3.63, 3.8) is 0 Å². The highest BCUT2D eigenvalue weighted by atomic mass is 35.5. The summed E-state index contributed by atoms with van der Waals surface area (Å²) < 4.78 is 16.5. The summed E-state index contributed by atoms with van der Waals surface area (Å²) in [6, 6.07) is 16.8. The van der Waals surface area contributed by atoms with Gasteiger partial charge in [0.05, 0.1) is 20.6 Å². The third-order valence-electron chi connectivity index (χ3n) is 4.63. The minimum atomic E-state index is -0.0584. The Morgan fingerprint density at radius 1 is 0.968 bits per heavy atom. The number of methoxy groups -OCH3 is 2. The highest BCUT2D eigenvalue weighted by molar-refractivity contribution is 6.17. The highest BCUT2D eigenvalue weighted by Gasteiger charge is 2.11. The van der Waals surface area contributed by atoms with Crippen molar-refractivity contribution in [1.82, 2.24) is 10.3 Å². The lowest BCUT2D eigenvalue weighted by molar-refractivity contribution is -0.120. The Labute approximate surface area is 187 Å². The molecule has 7 heteroatoms. The van der Waals surface area contributed by atoms with Gasteiger partial charge in [-0.25, -0.2) is 4.98 Å². The van der Waals surface area contributed by atoms with E-state index in [0.29, 0.717) is 29.8 Å². The molecule has 1 aromatic heterocycles. The van der Waals surface area contributed by atoms with Gasteiger partial charge in [0.1, 0.15) is 5.75 Å². The number of carbonyl (C=O) groups is 1. The molecule has 0 aliphatic rings. The van der Waals surface area contributed by atoms with Crippen molar-refractivity contribution >= 4 is 17.5 Å². The van der Waals surface area contributed by atoms with Crippen molar-refractivity contribution in [1.29, 1.82) is 0 Å². The monoisotopic (exact) mass is 440 g/mol. The number of ether oxygens (including phenoxy) is 3. The van der Waals surface area contributed by atoms with Crippen molar-refractivity contribution in [2.75, 3.05) is 20.8 Å². The van der Waals surface area contributed by atoms with E-state index in [9.17, 15) is 4.79 Å². The zero-order valence-corrected chi connectivity index (χ0v) is 18.3. The number of nitrogens with one attached hydrogen (secondary N) is 1. The molecule has 6 nitrogen and oxygen atoms in total. The molecular weight excluding hydrogens is 416 g/mol. The van der Waals surface area contributed by atoms with Gasteiger partial charge in [0.15, 0.2) is 11.5 Å². The maximum Gasteiger partial charge on any atom is 0.224 e.